The topological polar surface area (TPSA) is 26.3 Å². The Bertz CT molecular complexity index is 351. The van der Waals surface area contributed by atoms with Gasteiger partial charge in [0.2, 0.25) is 0 Å². The van der Waals surface area contributed by atoms with E-state index in [4.69, 9.17) is 0 Å². The van der Waals surface area contributed by atoms with Crippen LogP contribution < -0.4 is 0 Å². The maximum absolute atomic E-state index is 11.0. The van der Waals surface area contributed by atoms with E-state index in [1.807, 2.05) is 0 Å². The summed E-state index contributed by atoms with van der Waals surface area (Å²) >= 11 is 0. The molecule has 1 atom stereocenters. The highest BCUT2D eigenvalue weighted by Crippen LogP contribution is 2.14. The summed E-state index contributed by atoms with van der Waals surface area (Å²) in [6.07, 6.45) is 21.3. The van der Waals surface area contributed by atoms with Crippen molar-refractivity contribution >= 4 is 5.97 Å². The largest absolute Gasteiger partial charge is 0.469 e. The second-order valence-electron chi connectivity index (χ2n) is 7.26. The van der Waals surface area contributed by atoms with Crippen LogP contribution in [0, 0.1) is 5.92 Å². The van der Waals surface area contributed by atoms with E-state index in [-0.39, 0.29) is 5.97 Å². The van der Waals surface area contributed by atoms with Gasteiger partial charge in [0.05, 0.1) is 7.11 Å². The van der Waals surface area contributed by atoms with Gasteiger partial charge >= 0.3 is 5.97 Å². The van der Waals surface area contributed by atoms with E-state index in [2.05, 4.69) is 43.7 Å². The minimum absolute atomic E-state index is 0.0759. The molecule has 0 aliphatic heterocycles. The maximum Gasteiger partial charge on any atom is 0.305 e. The highest BCUT2D eigenvalue weighted by atomic mass is 16.5. The van der Waals surface area contributed by atoms with Gasteiger partial charge in [-0.25, -0.2) is 0 Å². The van der Waals surface area contributed by atoms with E-state index in [9.17, 15) is 4.79 Å². The van der Waals surface area contributed by atoms with Crippen LogP contribution >= 0.6 is 0 Å². The second kappa shape index (κ2) is 16.8. The summed E-state index contributed by atoms with van der Waals surface area (Å²) in [4.78, 5) is 11.0. The zero-order valence-electron chi connectivity index (χ0n) is 16.6. The Kier molecular flexibility index (Phi) is 16.1. The van der Waals surface area contributed by atoms with Gasteiger partial charge in [-0.05, 0) is 58.3 Å². The zero-order chi connectivity index (χ0) is 18.0. The lowest BCUT2D eigenvalue weighted by atomic mass is 10.0. The first kappa shape index (κ1) is 22.9. The van der Waals surface area contributed by atoms with Gasteiger partial charge in [0, 0.05) is 6.42 Å². The highest BCUT2D eigenvalue weighted by Gasteiger charge is 1.99. The van der Waals surface area contributed by atoms with Gasteiger partial charge in [0.25, 0.3) is 0 Å². The molecule has 0 fully saturated rings. The van der Waals surface area contributed by atoms with Gasteiger partial charge in [-0.3, -0.25) is 4.79 Å². The first-order chi connectivity index (χ1) is 11.6. The molecule has 0 amide bonds. The SMILES string of the molecule is COC(=O)CCCCCCCCC/C=C/CC(C)CCC=C(C)C. The third-order valence-corrected chi connectivity index (χ3v) is 4.40. The fourth-order valence-corrected chi connectivity index (χ4v) is 2.74. The van der Waals surface area contributed by atoms with E-state index in [1.165, 1.54) is 70.5 Å². The Morgan fingerprint density at radius 1 is 0.917 bits per heavy atom. The third-order valence-electron chi connectivity index (χ3n) is 4.40. The predicted molar refractivity (Wildman–Crippen MR) is 105 cm³/mol. The number of allylic oxidation sites excluding steroid dienone is 4. The molecule has 24 heavy (non-hydrogen) atoms. The summed E-state index contributed by atoms with van der Waals surface area (Å²) in [5.74, 6) is 0.717. The maximum atomic E-state index is 11.0. The summed E-state index contributed by atoms with van der Waals surface area (Å²) in [6, 6.07) is 0. The standard InChI is InChI=1S/C22H40O2/c1-20(2)16-15-18-21(3)17-13-11-9-7-5-6-8-10-12-14-19-22(23)24-4/h11,13,16,21H,5-10,12,14-15,17-19H2,1-4H3/b13-11+. The number of hydrogen-bond donors (Lipinski definition) is 0. The monoisotopic (exact) mass is 336 g/mol. The molecule has 140 valence electrons. The van der Waals surface area contributed by atoms with Crippen molar-refractivity contribution in [1.82, 2.24) is 0 Å². The molecule has 0 aliphatic rings. The van der Waals surface area contributed by atoms with Gasteiger partial charge in [-0.1, -0.05) is 62.8 Å². The average Bonchev–Trinajstić information content (AvgIpc) is 2.55. The number of hydrogen-bond acceptors (Lipinski definition) is 2. The van der Waals surface area contributed by atoms with Crippen molar-refractivity contribution < 1.29 is 9.53 Å². The fraction of sp³-hybridized carbons (Fsp3) is 0.773. The van der Waals surface area contributed by atoms with E-state index in [0.717, 1.165) is 18.8 Å². The van der Waals surface area contributed by atoms with Gasteiger partial charge in [-0.15, -0.1) is 0 Å². The smallest absolute Gasteiger partial charge is 0.305 e. The van der Waals surface area contributed by atoms with Crippen LogP contribution in [0.5, 0.6) is 0 Å². The van der Waals surface area contributed by atoms with Gasteiger partial charge < -0.3 is 4.74 Å². The number of unbranched alkanes of at least 4 members (excludes halogenated alkanes) is 7. The quantitative estimate of drug-likeness (QED) is 0.183. The van der Waals surface area contributed by atoms with Crippen LogP contribution in [-0.2, 0) is 9.53 Å². The van der Waals surface area contributed by atoms with Crippen LogP contribution in [0.2, 0.25) is 0 Å². The molecule has 0 N–H and O–H groups in total. The number of methoxy groups -OCH3 is 1. The van der Waals surface area contributed by atoms with Crippen LogP contribution in [0.25, 0.3) is 0 Å². The lowest BCUT2D eigenvalue weighted by molar-refractivity contribution is -0.140. The van der Waals surface area contributed by atoms with Crippen molar-refractivity contribution in [3.05, 3.63) is 23.8 Å². The molecule has 2 heteroatoms. The molecule has 0 aromatic rings. The Hall–Kier alpha value is -1.05. The van der Waals surface area contributed by atoms with Crippen LogP contribution in [0.1, 0.15) is 97.8 Å². The van der Waals surface area contributed by atoms with Gasteiger partial charge in [0.15, 0.2) is 0 Å². The van der Waals surface area contributed by atoms with E-state index in [1.54, 1.807) is 0 Å². The molecule has 2 nitrogen and oxygen atoms in total. The summed E-state index contributed by atoms with van der Waals surface area (Å²) in [5, 5.41) is 0. The van der Waals surface area contributed by atoms with Crippen molar-refractivity contribution in [2.75, 3.05) is 7.11 Å². The molecule has 0 spiro atoms. The zero-order valence-corrected chi connectivity index (χ0v) is 16.6. The highest BCUT2D eigenvalue weighted by molar-refractivity contribution is 5.68. The van der Waals surface area contributed by atoms with Crippen molar-refractivity contribution in [1.29, 1.82) is 0 Å². The molecule has 0 saturated heterocycles. The number of esters is 1. The number of carbonyl (C=O) groups excluding carboxylic acids is 1. The Morgan fingerprint density at radius 2 is 1.54 bits per heavy atom. The lowest BCUT2D eigenvalue weighted by Crippen LogP contribution is -1.99. The fourth-order valence-electron chi connectivity index (χ4n) is 2.74. The third kappa shape index (κ3) is 17.3. The predicted octanol–water partition coefficient (Wildman–Crippen LogP) is 7.00. The molecule has 0 radical (unpaired) electrons. The Balaban J connectivity index is 3.31. The molecule has 0 heterocycles. The Morgan fingerprint density at radius 3 is 2.17 bits per heavy atom. The minimum atomic E-state index is -0.0759. The van der Waals surface area contributed by atoms with Crippen LogP contribution in [-0.4, -0.2) is 13.1 Å². The van der Waals surface area contributed by atoms with Crippen LogP contribution in [0.3, 0.4) is 0 Å². The van der Waals surface area contributed by atoms with E-state index >= 15 is 0 Å². The summed E-state index contributed by atoms with van der Waals surface area (Å²) in [5.41, 5.74) is 1.43. The first-order valence-electron chi connectivity index (χ1n) is 9.91. The number of carbonyl (C=O) groups is 1. The summed E-state index contributed by atoms with van der Waals surface area (Å²) in [7, 11) is 1.46. The summed E-state index contributed by atoms with van der Waals surface area (Å²) in [6.45, 7) is 6.70. The van der Waals surface area contributed by atoms with Crippen LogP contribution in [0.4, 0.5) is 0 Å². The minimum Gasteiger partial charge on any atom is -0.469 e. The van der Waals surface area contributed by atoms with Crippen molar-refractivity contribution in [3.8, 4) is 0 Å². The van der Waals surface area contributed by atoms with Gasteiger partial charge in [-0.2, -0.15) is 0 Å². The molecule has 1 unspecified atom stereocenters. The molecule has 0 saturated carbocycles. The normalized spacial score (nSPS) is 12.3. The molecule has 0 aromatic heterocycles. The number of ether oxygens (including phenoxy) is 1. The molecule has 0 aliphatic carbocycles. The first-order valence-corrected chi connectivity index (χ1v) is 9.91. The van der Waals surface area contributed by atoms with Crippen molar-refractivity contribution in [2.45, 2.75) is 97.8 Å². The average molecular weight is 337 g/mol. The van der Waals surface area contributed by atoms with E-state index in [0.29, 0.717) is 6.42 Å². The van der Waals surface area contributed by atoms with Gasteiger partial charge in [0.1, 0.15) is 0 Å². The van der Waals surface area contributed by atoms with Crippen molar-refractivity contribution in [3.63, 3.8) is 0 Å². The lowest BCUT2D eigenvalue weighted by Gasteiger charge is -2.06. The molecular weight excluding hydrogens is 296 g/mol. The summed E-state index contributed by atoms with van der Waals surface area (Å²) < 4.78 is 4.64. The number of rotatable bonds is 15. The van der Waals surface area contributed by atoms with Crippen molar-refractivity contribution in [2.24, 2.45) is 5.92 Å². The Labute approximate surface area is 150 Å². The van der Waals surface area contributed by atoms with E-state index < -0.39 is 0 Å². The molecular formula is C22H40O2. The molecule has 0 bridgehead atoms. The van der Waals surface area contributed by atoms with Crippen LogP contribution in [0.15, 0.2) is 23.8 Å². The molecule has 0 rings (SSSR count). The second-order valence-corrected chi connectivity index (χ2v) is 7.26. The molecule has 0 aromatic carbocycles.